The van der Waals surface area contributed by atoms with Crippen molar-refractivity contribution in [1.29, 1.82) is 0 Å². The van der Waals surface area contributed by atoms with Gasteiger partial charge in [0.2, 0.25) is 11.9 Å². The molecule has 0 aliphatic heterocycles. The van der Waals surface area contributed by atoms with Gasteiger partial charge in [0, 0.05) is 22.2 Å². The van der Waals surface area contributed by atoms with E-state index in [0.29, 0.717) is 22.8 Å². The van der Waals surface area contributed by atoms with Crippen molar-refractivity contribution in [1.82, 2.24) is 19.9 Å². The van der Waals surface area contributed by atoms with Crippen LogP contribution in [0.2, 0.25) is 0 Å². The molecule has 0 saturated carbocycles. The molecule has 4 aromatic rings. The Morgan fingerprint density at radius 3 is 1.14 bits per heavy atom. The normalized spacial score (nSPS) is 12.6. The highest BCUT2D eigenvalue weighted by Gasteiger charge is 2.25. The number of aromatic nitrogens is 4. The van der Waals surface area contributed by atoms with Crippen LogP contribution >= 0.6 is 0 Å². The van der Waals surface area contributed by atoms with E-state index in [1.807, 2.05) is 41.5 Å². The average Bonchev–Trinajstić information content (AvgIpc) is 2.87. The fourth-order valence-electron chi connectivity index (χ4n) is 3.67. The zero-order chi connectivity index (χ0) is 31.1. The molecule has 6 N–H and O–H groups in total. The van der Waals surface area contributed by atoms with Crippen LogP contribution in [-0.2, 0) is 30.9 Å². The Hall–Kier alpha value is -4.30. The summed E-state index contributed by atoms with van der Waals surface area (Å²) in [4.78, 5) is 17.8. The second kappa shape index (κ2) is 10.8. The van der Waals surface area contributed by atoms with Crippen LogP contribution in [0.3, 0.4) is 0 Å². The second-order valence-electron chi connectivity index (χ2n) is 11.8. The van der Waals surface area contributed by atoms with Crippen LogP contribution in [0.5, 0.6) is 0 Å². The quantitative estimate of drug-likeness (QED) is 0.219. The van der Waals surface area contributed by atoms with Gasteiger partial charge in [-0.25, -0.2) is 46.2 Å². The van der Waals surface area contributed by atoms with Crippen molar-refractivity contribution in [3.8, 4) is 11.4 Å². The van der Waals surface area contributed by atoms with E-state index in [0.717, 1.165) is 0 Å². The van der Waals surface area contributed by atoms with E-state index in [9.17, 15) is 16.8 Å². The molecule has 42 heavy (non-hydrogen) atoms. The maximum absolute atomic E-state index is 13.1. The fraction of sp³-hybridized carbons (Fsp3) is 0.286. The largest absolute Gasteiger partial charge is 0.399 e. The molecular weight excluding hydrogens is 576 g/mol. The number of hydrogen-bond acceptors (Lipinski definition) is 10. The molecule has 14 heteroatoms. The molecule has 0 fully saturated rings. The first-order valence-electron chi connectivity index (χ1n) is 12.9. The number of nitrogens with zero attached hydrogens (tertiary/aromatic N) is 4. The van der Waals surface area contributed by atoms with Gasteiger partial charge in [-0.3, -0.25) is 0 Å². The van der Waals surface area contributed by atoms with Crippen LogP contribution in [0.25, 0.3) is 11.4 Å². The van der Waals surface area contributed by atoms with Gasteiger partial charge >= 0.3 is 0 Å². The Labute approximate surface area is 246 Å². The summed E-state index contributed by atoms with van der Waals surface area (Å²) in [7, 11) is -8.10. The van der Waals surface area contributed by atoms with Crippen LogP contribution < -0.4 is 20.9 Å². The van der Waals surface area contributed by atoms with E-state index in [1.165, 1.54) is 48.5 Å². The lowest BCUT2D eigenvalue weighted by molar-refractivity contribution is 0.566. The minimum Gasteiger partial charge on any atom is -0.399 e. The van der Waals surface area contributed by atoms with Crippen molar-refractivity contribution in [2.45, 2.75) is 62.2 Å². The van der Waals surface area contributed by atoms with Crippen molar-refractivity contribution in [3.05, 3.63) is 72.1 Å². The van der Waals surface area contributed by atoms with Crippen LogP contribution in [0.15, 0.2) is 70.5 Å². The Balaban J connectivity index is 1.84. The van der Waals surface area contributed by atoms with Crippen LogP contribution in [0.1, 0.15) is 52.9 Å². The summed E-state index contributed by atoms with van der Waals surface area (Å²) < 4.78 is 57.4. The summed E-state index contributed by atoms with van der Waals surface area (Å²) in [6.07, 6.45) is 0. The molecule has 0 aliphatic rings. The molecule has 0 amide bonds. The monoisotopic (exact) mass is 610 g/mol. The van der Waals surface area contributed by atoms with Gasteiger partial charge in [0.25, 0.3) is 20.0 Å². The van der Waals surface area contributed by atoms with E-state index in [1.54, 1.807) is 12.1 Å². The number of rotatable bonds is 7. The standard InChI is InChI=1S/C28H34N8O4S2/c1-27(2,3)23-15-21(31-25(33-23)35-41(37,38)19-11-7-17(29)8-12-19)22-16-24(28(4,5)6)34-26(32-22)36-42(39,40)20-13-9-18(30)10-14-20/h7-16H,29-30H2,1-6H3,(H,31,33,35)(H,32,34,36). The molecule has 0 bridgehead atoms. The Morgan fingerprint density at radius 1 is 0.548 bits per heavy atom. The summed E-state index contributed by atoms with van der Waals surface area (Å²) in [5, 5.41) is 0. The summed E-state index contributed by atoms with van der Waals surface area (Å²) in [5.74, 6) is -0.344. The van der Waals surface area contributed by atoms with Crippen molar-refractivity contribution in [2.24, 2.45) is 0 Å². The molecule has 2 aromatic heterocycles. The Bertz CT molecular complexity index is 1690. The number of benzene rings is 2. The molecule has 0 spiro atoms. The zero-order valence-electron chi connectivity index (χ0n) is 24.2. The molecule has 222 valence electrons. The van der Waals surface area contributed by atoms with Crippen molar-refractivity contribution >= 4 is 43.3 Å². The van der Waals surface area contributed by atoms with E-state index >= 15 is 0 Å². The number of anilines is 4. The Kier molecular flexibility index (Phi) is 7.91. The first kappa shape index (κ1) is 30.7. The Morgan fingerprint density at radius 2 is 0.857 bits per heavy atom. The maximum Gasteiger partial charge on any atom is 0.264 e. The molecule has 0 atom stereocenters. The van der Waals surface area contributed by atoms with Gasteiger partial charge in [-0.2, -0.15) is 0 Å². The van der Waals surface area contributed by atoms with Crippen molar-refractivity contribution in [2.75, 3.05) is 20.9 Å². The highest BCUT2D eigenvalue weighted by atomic mass is 32.2. The van der Waals surface area contributed by atoms with Crippen molar-refractivity contribution in [3.63, 3.8) is 0 Å². The highest BCUT2D eigenvalue weighted by molar-refractivity contribution is 7.93. The van der Waals surface area contributed by atoms with Gasteiger partial charge in [-0.15, -0.1) is 0 Å². The number of hydrogen-bond donors (Lipinski definition) is 4. The third kappa shape index (κ3) is 7.12. The topological polar surface area (TPSA) is 196 Å². The fourth-order valence-corrected chi connectivity index (χ4v) is 5.56. The molecule has 0 unspecified atom stereocenters. The zero-order valence-corrected chi connectivity index (χ0v) is 25.8. The number of nitrogens with one attached hydrogen (secondary N) is 2. The highest BCUT2D eigenvalue weighted by Crippen LogP contribution is 2.30. The van der Waals surface area contributed by atoms with Gasteiger partial charge in [0.1, 0.15) is 0 Å². The van der Waals surface area contributed by atoms with Gasteiger partial charge in [-0.05, 0) is 60.7 Å². The first-order chi connectivity index (χ1) is 19.3. The molecule has 0 radical (unpaired) electrons. The SMILES string of the molecule is CC(C)(C)c1cc(-c2cc(C(C)(C)C)nc(NS(=O)(=O)c3ccc(N)cc3)n2)nc(NS(=O)(=O)c2ccc(N)cc2)n1. The lowest BCUT2D eigenvalue weighted by Gasteiger charge is -2.21. The summed E-state index contributed by atoms with van der Waals surface area (Å²) >= 11 is 0. The van der Waals surface area contributed by atoms with Crippen LogP contribution in [0, 0.1) is 0 Å². The molecule has 2 heterocycles. The minimum absolute atomic E-state index is 0.0144. The molecular formula is C28H34N8O4S2. The number of sulfonamides is 2. The van der Waals surface area contributed by atoms with E-state index in [4.69, 9.17) is 11.5 Å². The lowest BCUT2D eigenvalue weighted by atomic mass is 9.90. The molecule has 12 nitrogen and oxygen atoms in total. The molecule has 0 saturated heterocycles. The lowest BCUT2D eigenvalue weighted by Crippen LogP contribution is -2.21. The predicted molar refractivity (Wildman–Crippen MR) is 164 cm³/mol. The van der Waals surface area contributed by atoms with Crippen LogP contribution in [0.4, 0.5) is 23.3 Å². The molecule has 4 rings (SSSR count). The second-order valence-corrected chi connectivity index (χ2v) is 15.1. The van der Waals surface area contributed by atoms with Crippen molar-refractivity contribution < 1.29 is 16.8 Å². The number of nitrogen functional groups attached to an aromatic ring is 2. The van der Waals surface area contributed by atoms with Gasteiger partial charge in [0.05, 0.1) is 32.6 Å². The maximum atomic E-state index is 13.1. The third-order valence-electron chi connectivity index (χ3n) is 6.08. The molecule has 0 aliphatic carbocycles. The molecule has 2 aromatic carbocycles. The van der Waals surface area contributed by atoms with Gasteiger partial charge in [0.15, 0.2) is 0 Å². The first-order valence-corrected chi connectivity index (χ1v) is 15.9. The smallest absolute Gasteiger partial charge is 0.264 e. The third-order valence-corrected chi connectivity index (χ3v) is 8.77. The number of nitrogens with two attached hydrogens (primary N) is 2. The van der Waals surface area contributed by atoms with Gasteiger partial charge in [-0.1, -0.05) is 41.5 Å². The summed E-state index contributed by atoms with van der Waals surface area (Å²) in [5.41, 5.74) is 12.8. The van der Waals surface area contributed by atoms with E-state index < -0.39 is 30.9 Å². The average molecular weight is 611 g/mol. The van der Waals surface area contributed by atoms with Crippen LogP contribution in [-0.4, -0.2) is 36.8 Å². The van der Waals surface area contributed by atoms with Gasteiger partial charge < -0.3 is 11.5 Å². The summed E-state index contributed by atoms with van der Waals surface area (Å²) in [6.45, 7) is 11.5. The minimum atomic E-state index is -4.05. The van der Waals surface area contributed by atoms with E-state index in [-0.39, 0.29) is 33.1 Å². The summed E-state index contributed by atoms with van der Waals surface area (Å²) in [6, 6.07) is 14.8. The van der Waals surface area contributed by atoms with E-state index in [2.05, 4.69) is 29.4 Å². The predicted octanol–water partition coefficient (Wildman–Crippen LogP) is 4.29.